The normalized spacial score (nSPS) is 16.9. The van der Waals surface area contributed by atoms with Crippen molar-refractivity contribution < 1.29 is 23.9 Å². The number of hydrogen-bond donors (Lipinski definition) is 2. The van der Waals surface area contributed by atoms with E-state index in [1.807, 2.05) is 4.90 Å². The molecule has 154 valence electrons. The molecule has 2 aromatic carbocycles. The van der Waals surface area contributed by atoms with E-state index in [4.69, 9.17) is 4.74 Å². The molecule has 8 heteroatoms. The predicted octanol–water partition coefficient (Wildman–Crippen LogP) is 2.61. The van der Waals surface area contributed by atoms with Gasteiger partial charge in [0.05, 0.1) is 16.9 Å². The number of benzene rings is 2. The molecule has 0 saturated carbocycles. The quantitative estimate of drug-likeness (QED) is 0.583. The largest absolute Gasteiger partial charge is 0.452 e. The molecule has 1 fully saturated rings. The molecule has 0 unspecified atom stereocenters. The number of ether oxygens (including phenoxy) is 1. The van der Waals surface area contributed by atoms with Gasteiger partial charge in [-0.25, -0.2) is 4.79 Å². The predicted molar refractivity (Wildman–Crippen MR) is 111 cm³/mol. The smallest absolute Gasteiger partial charge is 0.338 e. The third-order valence-electron chi connectivity index (χ3n) is 5.26. The standard InChI is InChI=1S/C22H21N3O5/c1-13(26)14-4-7-16(8-5-14)23-20(27)12-30-22(29)15-6-9-18-17(11-15)24-21(28)19-3-2-10-25(18)19/h4-9,11,19H,2-3,10,12H2,1H3,(H,23,27)(H,24,28)/t19-/m0/s1. The van der Waals surface area contributed by atoms with Gasteiger partial charge < -0.3 is 20.3 Å². The maximum atomic E-state index is 12.4. The lowest BCUT2D eigenvalue weighted by Gasteiger charge is -2.33. The molecule has 0 aromatic heterocycles. The molecular weight excluding hydrogens is 386 g/mol. The number of esters is 1. The zero-order valence-electron chi connectivity index (χ0n) is 16.4. The first-order valence-electron chi connectivity index (χ1n) is 9.72. The summed E-state index contributed by atoms with van der Waals surface area (Å²) in [7, 11) is 0. The number of hydrogen-bond acceptors (Lipinski definition) is 6. The van der Waals surface area contributed by atoms with Crippen molar-refractivity contribution in [1.82, 2.24) is 0 Å². The summed E-state index contributed by atoms with van der Waals surface area (Å²) in [5, 5.41) is 5.45. The maximum absolute atomic E-state index is 12.4. The van der Waals surface area contributed by atoms with Crippen LogP contribution in [0.15, 0.2) is 42.5 Å². The number of carbonyl (C=O) groups excluding carboxylic acids is 4. The molecule has 30 heavy (non-hydrogen) atoms. The molecule has 2 N–H and O–H groups in total. The van der Waals surface area contributed by atoms with Crippen molar-refractivity contribution in [2.75, 3.05) is 28.7 Å². The number of fused-ring (bicyclic) bond motifs is 3. The summed E-state index contributed by atoms with van der Waals surface area (Å²) in [5.41, 5.74) is 2.75. The van der Waals surface area contributed by atoms with Gasteiger partial charge in [-0.2, -0.15) is 0 Å². The summed E-state index contributed by atoms with van der Waals surface area (Å²) >= 11 is 0. The number of Topliss-reactive ketones (excluding diaryl/α,β-unsaturated/α-hetero) is 1. The average Bonchev–Trinajstić information content (AvgIpc) is 3.23. The third kappa shape index (κ3) is 3.89. The van der Waals surface area contributed by atoms with Gasteiger partial charge in [0.1, 0.15) is 6.04 Å². The van der Waals surface area contributed by atoms with Crippen molar-refractivity contribution in [3.8, 4) is 0 Å². The van der Waals surface area contributed by atoms with Gasteiger partial charge >= 0.3 is 5.97 Å². The Morgan fingerprint density at radius 1 is 1.13 bits per heavy atom. The summed E-state index contributed by atoms with van der Waals surface area (Å²) in [6.45, 7) is 1.82. The summed E-state index contributed by atoms with van der Waals surface area (Å²) < 4.78 is 5.10. The van der Waals surface area contributed by atoms with Crippen LogP contribution in [0.25, 0.3) is 0 Å². The van der Waals surface area contributed by atoms with E-state index in [0.29, 0.717) is 16.9 Å². The molecule has 1 atom stereocenters. The van der Waals surface area contributed by atoms with E-state index in [1.54, 1.807) is 42.5 Å². The van der Waals surface area contributed by atoms with Crippen LogP contribution in [0.5, 0.6) is 0 Å². The number of nitrogens with one attached hydrogen (secondary N) is 2. The van der Waals surface area contributed by atoms with Crippen LogP contribution >= 0.6 is 0 Å². The van der Waals surface area contributed by atoms with Crippen molar-refractivity contribution in [2.45, 2.75) is 25.8 Å². The van der Waals surface area contributed by atoms with Gasteiger partial charge in [0.25, 0.3) is 5.91 Å². The lowest BCUT2D eigenvalue weighted by molar-refractivity contribution is -0.119. The number of nitrogens with zero attached hydrogens (tertiary/aromatic N) is 1. The van der Waals surface area contributed by atoms with Crippen LogP contribution in [-0.4, -0.2) is 42.8 Å². The maximum Gasteiger partial charge on any atom is 0.338 e. The van der Waals surface area contributed by atoms with Crippen LogP contribution in [0.4, 0.5) is 17.1 Å². The Labute approximate surface area is 173 Å². The number of anilines is 3. The van der Waals surface area contributed by atoms with E-state index in [2.05, 4.69) is 10.6 Å². The van der Waals surface area contributed by atoms with Gasteiger partial charge in [0, 0.05) is 17.8 Å². The van der Waals surface area contributed by atoms with Crippen molar-refractivity contribution in [3.63, 3.8) is 0 Å². The summed E-state index contributed by atoms with van der Waals surface area (Å²) in [5.74, 6) is -1.29. The lowest BCUT2D eigenvalue weighted by atomic mass is 10.1. The van der Waals surface area contributed by atoms with E-state index in [1.165, 1.54) is 6.92 Å². The Bertz CT molecular complexity index is 1030. The molecule has 0 bridgehead atoms. The first-order valence-corrected chi connectivity index (χ1v) is 9.72. The summed E-state index contributed by atoms with van der Waals surface area (Å²) in [6, 6.07) is 11.3. The highest BCUT2D eigenvalue weighted by Crippen LogP contribution is 2.37. The molecule has 0 spiro atoms. The Morgan fingerprint density at radius 2 is 1.87 bits per heavy atom. The molecule has 2 aliphatic rings. The molecule has 4 rings (SSSR count). The molecule has 1 saturated heterocycles. The van der Waals surface area contributed by atoms with Crippen LogP contribution in [0.3, 0.4) is 0 Å². The van der Waals surface area contributed by atoms with Crippen LogP contribution in [0, 0.1) is 0 Å². The van der Waals surface area contributed by atoms with Gasteiger partial charge in [0.2, 0.25) is 5.91 Å². The SMILES string of the molecule is CC(=O)c1ccc(NC(=O)COC(=O)c2ccc3c(c2)NC(=O)[C@@H]2CCCN32)cc1. The number of carbonyl (C=O) groups is 4. The minimum Gasteiger partial charge on any atom is -0.452 e. The van der Waals surface area contributed by atoms with Crippen molar-refractivity contribution in [1.29, 1.82) is 0 Å². The lowest BCUT2D eigenvalue weighted by Crippen LogP contribution is -2.43. The molecule has 0 aliphatic carbocycles. The third-order valence-corrected chi connectivity index (χ3v) is 5.26. The number of amides is 2. The highest BCUT2D eigenvalue weighted by atomic mass is 16.5. The van der Waals surface area contributed by atoms with Crippen LogP contribution in [0.1, 0.15) is 40.5 Å². The van der Waals surface area contributed by atoms with E-state index in [9.17, 15) is 19.2 Å². The molecule has 2 heterocycles. The molecule has 2 amide bonds. The number of rotatable bonds is 5. The molecule has 2 aliphatic heterocycles. The first kappa shape index (κ1) is 19.6. The fourth-order valence-electron chi connectivity index (χ4n) is 3.76. The van der Waals surface area contributed by atoms with Crippen LogP contribution < -0.4 is 15.5 Å². The van der Waals surface area contributed by atoms with Crippen LogP contribution in [0.2, 0.25) is 0 Å². The van der Waals surface area contributed by atoms with Gasteiger partial charge in [0.15, 0.2) is 12.4 Å². The van der Waals surface area contributed by atoms with Gasteiger partial charge in [-0.15, -0.1) is 0 Å². The van der Waals surface area contributed by atoms with E-state index >= 15 is 0 Å². The van der Waals surface area contributed by atoms with E-state index < -0.39 is 18.5 Å². The van der Waals surface area contributed by atoms with Crippen LogP contribution in [-0.2, 0) is 14.3 Å². The molecule has 2 aromatic rings. The highest BCUT2D eigenvalue weighted by Gasteiger charge is 2.36. The Morgan fingerprint density at radius 3 is 2.60 bits per heavy atom. The van der Waals surface area contributed by atoms with Crippen molar-refractivity contribution in [2.24, 2.45) is 0 Å². The molecular formula is C22H21N3O5. The highest BCUT2D eigenvalue weighted by molar-refractivity contribution is 6.05. The monoisotopic (exact) mass is 407 g/mol. The second-order valence-corrected chi connectivity index (χ2v) is 7.33. The Hall–Kier alpha value is -3.68. The van der Waals surface area contributed by atoms with Gasteiger partial charge in [-0.05, 0) is 62.2 Å². The summed E-state index contributed by atoms with van der Waals surface area (Å²) in [4.78, 5) is 50.0. The Kier molecular flexibility index (Phi) is 5.22. The van der Waals surface area contributed by atoms with E-state index in [0.717, 1.165) is 25.1 Å². The Balaban J connectivity index is 1.36. The summed E-state index contributed by atoms with van der Waals surface area (Å²) in [6.07, 6.45) is 1.77. The number of ketones is 1. The van der Waals surface area contributed by atoms with Crippen molar-refractivity contribution in [3.05, 3.63) is 53.6 Å². The van der Waals surface area contributed by atoms with E-state index in [-0.39, 0.29) is 23.3 Å². The van der Waals surface area contributed by atoms with Crippen molar-refractivity contribution >= 4 is 40.6 Å². The zero-order valence-corrected chi connectivity index (χ0v) is 16.4. The van der Waals surface area contributed by atoms with Gasteiger partial charge in [-0.1, -0.05) is 0 Å². The molecule has 8 nitrogen and oxygen atoms in total. The molecule has 0 radical (unpaired) electrons. The second kappa shape index (κ2) is 7.98. The van der Waals surface area contributed by atoms with Gasteiger partial charge in [-0.3, -0.25) is 14.4 Å². The topological polar surface area (TPSA) is 105 Å². The zero-order chi connectivity index (χ0) is 21.3. The fraction of sp³-hybridized carbons (Fsp3) is 0.273. The second-order valence-electron chi connectivity index (χ2n) is 7.33. The first-order chi connectivity index (χ1) is 14.4. The fourth-order valence-corrected chi connectivity index (χ4v) is 3.76. The minimum absolute atomic E-state index is 0.0664. The minimum atomic E-state index is -0.655. The average molecular weight is 407 g/mol.